The molecule has 0 bridgehead atoms. The van der Waals surface area contributed by atoms with Crippen LogP contribution in [-0.4, -0.2) is 11.0 Å². The third-order valence-electron chi connectivity index (χ3n) is 4.08. The predicted octanol–water partition coefficient (Wildman–Crippen LogP) is 4.49. The van der Waals surface area contributed by atoms with Crippen LogP contribution in [-0.2, 0) is 0 Å². The van der Waals surface area contributed by atoms with Gasteiger partial charge in [0, 0.05) is 17.0 Å². The quantitative estimate of drug-likeness (QED) is 0.818. The van der Waals surface area contributed by atoms with Crippen LogP contribution in [0.4, 0.5) is 0 Å². The molecule has 2 unspecified atom stereocenters. The van der Waals surface area contributed by atoms with E-state index in [4.69, 9.17) is 5.73 Å². The van der Waals surface area contributed by atoms with E-state index >= 15 is 0 Å². The molecule has 0 amide bonds. The van der Waals surface area contributed by atoms with Crippen molar-refractivity contribution >= 4 is 11.8 Å². The third kappa shape index (κ3) is 3.30. The van der Waals surface area contributed by atoms with Crippen molar-refractivity contribution in [2.24, 2.45) is 5.73 Å². The Morgan fingerprint density at radius 3 is 2.67 bits per heavy atom. The summed E-state index contributed by atoms with van der Waals surface area (Å²) in [7, 11) is 0. The van der Waals surface area contributed by atoms with E-state index in [0.717, 1.165) is 11.7 Å². The van der Waals surface area contributed by atoms with Gasteiger partial charge in [0.1, 0.15) is 0 Å². The van der Waals surface area contributed by atoms with Crippen molar-refractivity contribution in [2.75, 3.05) is 5.75 Å². The molecule has 1 aromatic carbocycles. The Hall–Kier alpha value is -0.470. The van der Waals surface area contributed by atoms with Crippen LogP contribution in [0.1, 0.15) is 62.6 Å². The highest BCUT2D eigenvalue weighted by Crippen LogP contribution is 2.39. The van der Waals surface area contributed by atoms with E-state index in [1.807, 2.05) is 11.8 Å². The van der Waals surface area contributed by atoms with Crippen LogP contribution in [0.25, 0.3) is 0 Å². The van der Waals surface area contributed by atoms with Crippen molar-refractivity contribution in [3.05, 3.63) is 35.4 Å². The van der Waals surface area contributed by atoms with E-state index in [1.165, 1.54) is 36.8 Å². The van der Waals surface area contributed by atoms with Gasteiger partial charge in [-0.25, -0.2) is 0 Å². The molecule has 1 aliphatic rings. The summed E-state index contributed by atoms with van der Waals surface area (Å²) in [6.45, 7) is 4.53. The van der Waals surface area contributed by atoms with Gasteiger partial charge >= 0.3 is 0 Å². The molecule has 100 valence electrons. The van der Waals surface area contributed by atoms with Crippen LogP contribution in [0.3, 0.4) is 0 Å². The Kier molecular flexibility index (Phi) is 5.13. The molecule has 18 heavy (non-hydrogen) atoms. The molecular weight excluding hydrogens is 238 g/mol. The second-order valence-corrected chi connectivity index (χ2v) is 6.89. The van der Waals surface area contributed by atoms with Crippen molar-refractivity contribution in [3.8, 4) is 0 Å². The lowest BCUT2D eigenvalue weighted by atomic mass is 9.77. The van der Waals surface area contributed by atoms with E-state index in [2.05, 4.69) is 38.1 Å². The van der Waals surface area contributed by atoms with Crippen molar-refractivity contribution in [2.45, 2.75) is 56.7 Å². The third-order valence-corrected chi connectivity index (χ3v) is 5.53. The minimum absolute atomic E-state index is 0.195. The first-order valence-corrected chi connectivity index (χ1v) is 8.23. The smallest absolute Gasteiger partial charge is 0.0389 e. The fourth-order valence-corrected chi connectivity index (χ4v) is 3.37. The zero-order valence-corrected chi connectivity index (χ0v) is 12.4. The molecule has 0 spiro atoms. The molecule has 2 heteroatoms. The number of hydrogen-bond acceptors (Lipinski definition) is 2. The van der Waals surface area contributed by atoms with Gasteiger partial charge in [-0.15, -0.1) is 0 Å². The number of rotatable bonds is 6. The average Bonchev–Trinajstić information content (AvgIpc) is 2.34. The molecule has 2 N–H and O–H groups in total. The maximum atomic E-state index is 6.39. The molecule has 0 aromatic heterocycles. The first kappa shape index (κ1) is 14.0. The minimum atomic E-state index is 0.195. The molecule has 1 aliphatic carbocycles. The summed E-state index contributed by atoms with van der Waals surface area (Å²) in [4.78, 5) is 0. The number of benzene rings is 1. The van der Waals surface area contributed by atoms with E-state index in [9.17, 15) is 0 Å². The lowest BCUT2D eigenvalue weighted by Gasteiger charge is -2.29. The standard InChI is InChI=1S/C16H25NS/c1-3-12(2)18-11-16(17)15-10-5-4-9-14(15)13-7-6-8-13/h4-5,9-10,12-13,16H,3,6-8,11,17H2,1-2H3. The SMILES string of the molecule is CCC(C)SCC(N)c1ccccc1C1CCC1. The largest absolute Gasteiger partial charge is 0.323 e. The van der Waals surface area contributed by atoms with Crippen LogP contribution in [0, 0.1) is 0 Å². The highest BCUT2D eigenvalue weighted by atomic mass is 32.2. The highest BCUT2D eigenvalue weighted by Gasteiger charge is 2.23. The monoisotopic (exact) mass is 263 g/mol. The second kappa shape index (κ2) is 6.63. The molecular formula is C16H25NS. The molecule has 0 heterocycles. The molecule has 2 rings (SSSR count). The predicted molar refractivity (Wildman–Crippen MR) is 82.2 cm³/mol. The van der Waals surface area contributed by atoms with Crippen molar-refractivity contribution in [1.29, 1.82) is 0 Å². The zero-order valence-electron chi connectivity index (χ0n) is 11.6. The van der Waals surface area contributed by atoms with Gasteiger partial charge in [0.2, 0.25) is 0 Å². The zero-order chi connectivity index (χ0) is 13.0. The van der Waals surface area contributed by atoms with Crippen LogP contribution in [0.5, 0.6) is 0 Å². The number of hydrogen-bond donors (Lipinski definition) is 1. The lowest BCUT2D eigenvalue weighted by molar-refractivity contribution is 0.416. The van der Waals surface area contributed by atoms with E-state index in [0.29, 0.717) is 5.25 Å². The summed E-state index contributed by atoms with van der Waals surface area (Å²) in [5, 5.41) is 0.715. The summed E-state index contributed by atoms with van der Waals surface area (Å²) in [6.07, 6.45) is 5.31. The van der Waals surface area contributed by atoms with Crippen LogP contribution in [0.15, 0.2) is 24.3 Å². The maximum Gasteiger partial charge on any atom is 0.0389 e. The summed E-state index contributed by atoms with van der Waals surface area (Å²) in [6, 6.07) is 9.00. The van der Waals surface area contributed by atoms with E-state index < -0.39 is 0 Å². The van der Waals surface area contributed by atoms with E-state index in [1.54, 1.807) is 0 Å². The van der Waals surface area contributed by atoms with Gasteiger partial charge < -0.3 is 5.73 Å². The van der Waals surface area contributed by atoms with Gasteiger partial charge in [-0.1, -0.05) is 44.5 Å². The van der Waals surface area contributed by atoms with Gasteiger partial charge in [-0.05, 0) is 36.3 Å². The first-order valence-electron chi connectivity index (χ1n) is 7.18. The molecule has 1 nitrogen and oxygen atoms in total. The Morgan fingerprint density at radius 1 is 1.33 bits per heavy atom. The van der Waals surface area contributed by atoms with Crippen molar-refractivity contribution in [3.63, 3.8) is 0 Å². The van der Waals surface area contributed by atoms with Crippen LogP contribution < -0.4 is 5.73 Å². The molecule has 0 aliphatic heterocycles. The fraction of sp³-hybridized carbons (Fsp3) is 0.625. The summed E-state index contributed by atoms with van der Waals surface area (Å²) < 4.78 is 0. The Balaban J connectivity index is 2.02. The van der Waals surface area contributed by atoms with Gasteiger partial charge in [-0.3, -0.25) is 0 Å². The van der Waals surface area contributed by atoms with Crippen molar-refractivity contribution < 1.29 is 0 Å². The Bertz CT molecular complexity index is 373. The topological polar surface area (TPSA) is 26.0 Å². The lowest BCUT2D eigenvalue weighted by Crippen LogP contribution is -2.19. The highest BCUT2D eigenvalue weighted by molar-refractivity contribution is 7.99. The molecule has 0 saturated heterocycles. The molecule has 0 radical (unpaired) electrons. The van der Waals surface area contributed by atoms with Gasteiger partial charge in [-0.2, -0.15) is 11.8 Å². The first-order chi connectivity index (χ1) is 8.72. The summed E-state index contributed by atoms with van der Waals surface area (Å²) in [5.74, 6) is 1.82. The molecule has 1 aromatic rings. The normalized spacial score (nSPS) is 19.3. The van der Waals surface area contributed by atoms with Crippen LogP contribution >= 0.6 is 11.8 Å². The summed E-state index contributed by atoms with van der Waals surface area (Å²) in [5.41, 5.74) is 9.30. The average molecular weight is 263 g/mol. The van der Waals surface area contributed by atoms with Gasteiger partial charge in [0.15, 0.2) is 0 Å². The van der Waals surface area contributed by atoms with Gasteiger partial charge in [0.25, 0.3) is 0 Å². The second-order valence-electron chi connectivity index (χ2n) is 5.42. The maximum absolute atomic E-state index is 6.39. The molecule has 1 fully saturated rings. The summed E-state index contributed by atoms with van der Waals surface area (Å²) >= 11 is 2.00. The van der Waals surface area contributed by atoms with E-state index in [-0.39, 0.29) is 6.04 Å². The number of thioether (sulfide) groups is 1. The Labute approximate surface area is 116 Å². The number of nitrogens with two attached hydrogens (primary N) is 1. The van der Waals surface area contributed by atoms with Crippen LogP contribution in [0.2, 0.25) is 0 Å². The molecule has 2 atom stereocenters. The minimum Gasteiger partial charge on any atom is -0.323 e. The Morgan fingerprint density at radius 2 is 2.06 bits per heavy atom. The molecule has 1 saturated carbocycles. The fourth-order valence-electron chi connectivity index (χ4n) is 2.42. The van der Waals surface area contributed by atoms with Gasteiger partial charge in [0.05, 0.1) is 0 Å². The van der Waals surface area contributed by atoms with Crippen molar-refractivity contribution in [1.82, 2.24) is 0 Å².